The number of benzene rings is 1. The number of hydrogen-bond donors (Lipinski definition) is 1. The molecule has 0 amide bonds. The summed E-state index contributed by atoms with van der Waals surface area (Å²) in [5.41, 5.74) is 2.29. The van der Waals surface area contributed by atoms with Crippen molar-refractivity contribution >= 4 is 12.4 Å². The maximum Gasteiger partial charge on any atom is 0.123 e. The first-order valence-electron chi connectivity index (χ1n) is 7.40. The lowest BCUT2D eigenvalue weighted by molar-refractivity contribution is 0.199. The molecule has 0 spiro atoms. The van der Waals surface area contributed by atoms with Crippen LogP contribution in [-0.4, -0.2) is 40.4 Å². The molecule has 0 radical (unpaired) electrons. The Kier molecular flexibility index (Phi) is 5.94. The van der Waals surface area contributed by atoms with Gasteiger partial charge in [0.15, 0.2) is 0 Å². The number of aromatic nitrogens is 2. The lowest BCUT2D eigenvalue weighted by Crippen LogP contribution is -2.48. The predicted octanol–water partition coefficient (Wildman–Crippen LogP) is 2.29. The van der Waals surface area contributed by atoms with Crippen LogP contribution in [0.1, 0.15) is 18.1 Å². The summed E-state index contributed by atoms with van der Waals surface area (Å²) in [5.74, 6) is -0.201. The molecular weight excluding hydrogens is 303 g/mol. The van der Waals surface area contributed by atoms with Gasteiger partial charge in [-0.05, 0) is 24.6 Å². The van der Waals surface area contributed by atoms with Gasteiger partial charge in [0.1, 0.15) is 5.82 Å². The second-order valence-electron chi connectivity index (χ2n) is 5.76. The van der Waals surface area contributed by atoms with Gasteiger partial charge in [-0.15, -0.1) is 12.4 Å². The molecule has 120 valence electrons. The molecule has 2 aromatic rings. The monoisotopic (exact) mass is 324 g/mol. The first-order valence-corrected chi connectivity index (χ1v) is 7.40. The highest BCUT2D eigenvalue weighted by molar-refractivity contribution is 5.85. The molecule has 1 N–H and O–H groups in total. The quantitative estimate of drug-likeness (QED) is 0.936. The maximum atomic E-state index is 12.9. The summed E-state index contributed by atoms with van der Waals surface area (Å²) in [6.07, 6.45) is 4.01. The van der Waals surface area contributed by atoms with E-state index in [0.717, 1.165) is 31.7 Å². The number of halogens is 2. The van der Waals surface area contributed by atoms with E-state index in [4.69, 9.17) is 0 Å². The Labute approximate surface area is 136 Å². The zero-order valence-corrected chi connectivity index (χ0v) is 13.5. The van der Waals surface area contributed by atoms with Crippen LogP contribution in [0.2, 0.25) is 0 Å². The molecule has 1 aromatic carbocycles. The van der Waals surface area contributed by atoms with Gasteiger partial charge in [-0.2, -0.15) is 5.10 Å². The number of nitrogens with zero attached hydrogens (tertiary/aromatic N) is 3. The summed E-state index contributed by atoms with van der Waals surface area (Å²) in [5, 5.41) is 7.85. The largest absolute Gasteiger partial charge is 0.312 e. The Hall–Kier alpha value is -1.43. The minimum Gasteiger partial charge on any atom is -0.312 e. The first-order chi connectivity index (χ1) is 10.2. The highest BCUT2D eigenvalue weighted by atomic mass is 35.5. The molecule has 0 aliphatic carbocycles. The van der Waals surface area contributed by atoms with Gasteiger partial charge in [0, 0.05) is 44.0 Å². The molecule has 4 nitrogen and oxygen atoms in total. The third-order valence-electron chi connectivity index (χ3n) is 3.80. The van der Waals surface area contributed by atoms with Gasteiger partial charge in [0.05, 0.1) is 12.7 Å². The van der Waals surface area contributed by atoms with E-state index in [-0.39, 0.29) is 18.2 Å². The van der Waals surface area contributed by atoms with Crippen LogP contribution in [0, 0.1) is 5.82 Å². The molecule has 3 rings (SSSR count). The van der Waals surface area contributed by atoms with Gasteiger partial charge < -0.3 is 5.32 Å². The Morgan fingerprint density at radius 1 is 1.23 bits per heavy atom. The first kappa shape index (κ1) is 16.9. The van der Waals surface area contributed by atoms with E-state index >= 15 is 0 Å². The fourth-order valence-corrected chi connectivity index (χ4v) is 2.77. The van der Waals surface area contributed by atoms with E-state index in [2.05, 4.69) is 28.4 Å². The molecule has 0 saturated carbocycles. The summed E-state index contributed by atoms with van der Waals surface area (Å²) in [7, 11) is 0. The lowest BCUT2D eigenvalue weighted by atomic mass is 10.2. The second-order valence-corrected chi connectivity index (χ2v) is 5.76. The van der Waals surface area contributed by atoms with E-state index < -0.39 is 0 Å². The van der Waals surface area contributed by atoms with Gasteiger partial charge in [-0.3, -0.25) is 9.58 Å². The van der Waals surface area contributed by atoms with Crippen molar-refractivity contribution in [1.82, 2.24) is 20.0 Å². The molecule has 1 fully saturated rings. The summed E-state index contributed by atoms with van der Waals surface area (Å²) in [4.78, 5) is 2.44. The van der Waals surface area contributed by atoms with Crippen LogP contribution in [0.3, 0.4) is 0 Å². The van der Waals surface area contributed by atoms with E-state index in [0.29, 0.717) is 12.6 Å². The van der Waals surface area contributed by atoms with Gasteiger partial charge in [-0.1, -0.05) is 12.1 Å². The minimum absolute atomic E-state index is 0. The van der Waals surface area contributed by atoms with Crippen LogP contribution in [-0.2, 0) is 13.1 Å². The van der Waals surface area contributed by atoms with Crippen molar-refractivity contribution < 1.29 is 4.39 Å². The molecule has 1 aliphatic heterocycles. The Morgan fingerprint density at radius 3 is 2.73 bits per heavy atom. The van der Waals surface area contributed by atoms with Gasteiger partial charge >= 0.3 is 0 Å². The molecule has 1 aromatic heterocycles. The second kappa shape index (κ2) is 7.72. The van der Waals surface area contributed by atoms with E-state index in [1.54, 1.807) is 12.1 Å². The normalized spacial score (nSPS) is 18.9. The highest BCUT2D eigenvalue weighted by Crippen LogP contribution is 2.09. The molecule has 0 bridgehead atoms. The molecular formula is C16H22ClFN4. The fourth-order valence-electron chi connectivity index (χ4n) is 2.77. The van der Waals surface area contributed by atoms with Crippen LogP contribution in [0.4, 0.5) is 4.39 Å². The number of piperazine rings is 1. The predicted molar refractivity (Wildman–Crippen MR) is 87.7 cm³/mol. The summed E-state index contributed by atoms with van der Waals surface area (Å²) in [6, 6.07) is 7.13. The van der Waals surface area contributed by atoms with Gasteiger partial charge in [0.25, 0.3) is 0 Å². The topological polar surface area (TPSA) is 33.1 Å². The van der Waals surface area contributed by atoms with Crippen molar-refractivity contribution in [2.75, 3.05) is 19.6 Å². The zero-order valence-electron chi connectivity index (χ0n) is 12.7. The molecule has 2 heterocycles. The average Bonchev–Trinajstić information content (AvgIpc) is 2.89. The van der Waals surface area contributed by atoms with Crippen molar-refractivity contribution in [2.45, 2.75) is 26.1 Å². The third kappa shape index (κ3) is 4.53. The van der Waals surface area contributed by atoms with Crippen LogP contribution < -0.4 is 5.32 Å². The summed E-state index contributed by atoms with van der Waals surface area (Å²) < 4.78 is 14.8. The molecule has 1 saturated heterocycles. The van der Waals surface area contributed by atoms with Crippen molar-refractivity contribution in [2.24, 2.45) is 0 Å². The molecule has 1 aliphatic rings. The molecule has 1 unspecified atom stereocenters. The Morgan fingerprint density at radius 2 is 2.00 bits per heavy atom. The highest BCUT2D eigenvalue weighted by Gasteiger charge is 2.16. The number of rotatable bonds is 4. The molecule has 22 heavy (non-hydrogen) atoms. The summed E-state index contributed by atoms with van der Waals surface area (Å²) in [6.45, 7) is 7.03. The van der Waals surface area contributed by atoms with Gasteiger partial charge in [0.2, 0.25) is 0 Å². The number of hydrogen-bond acceptors (Lipinski definition) is 3. The van der Waals surface area contributed by atoms with E-state index in [1.165, 1.54) is 17.7 Å². The van der Waals surface area contributed by atoms with E-state index in [9.17, 15) is 4.39 Å². The Bertz CT molecular complexity index is 584. The minimum atomic E-state index is -0.201. The smallest absolute Gasteiger partial charge is 0.123 e. The zero-order chi connectivity index (χ0) is 14.7. The number of nitrogens with one attached hydrogen (secondary N) is 1. The van der Waals surface area contributed by atoms with Crippen LogP contribution in [0.15, 0.2) is 36.7 Å². The molecule has 6 heteroatoms. The van der Waals surface area contributed by atoms with Crippen molar-refractivity contribution in [3.63, 3.8) is 0 Å². The lowest BCUT2D eigenvalue weighted by Gasteiger charge is -2.31. The molecule has 1 atom stereocenters. The van der Waals surface area contributed by atoms with Crippen LogP contribution in [0.25, 0.3) is 0 Å². The van der Waals surface area contributed by atoms with Crippen molar-refractivity contribution in [3.8, 4) is 0 Å². The van der Waals surface area contributed by atoms with Crippen LogP contribution >= 0.6 is 12.4 Å². The van der Waals surface area contributed by atoms with Crippen molar-refractivity contribution in [1.29, 1.82) is 0 Å². The Balaban J connectivity index is 0.00000176. The van der Waals surface area contributed by atoms with Gasteiger partial charge in [-0.25, -0.2) is 4.39 Å². The average molecular weight is 325 g/mol. The van der Waals surface area contributed by atoms with E-state index in [1.807, 2.05) is 10.9 Å². The SMILES string of the molecule is CC1CN(Cc2cnn(Cc3ccc(F)cc3)c2)CCN1.Cl. The fraction of sp³-hybridized carbons (Fsp3) is 0.438. The standard InChI is InChI=1S/C16H21FN4.ClH/c1-13-9-20(7-6-18-13)10-15-8-19-21(12-15)11-14-2-4-16(17)5-3-14;/h2-5,8,12-13,18H,6-7,9-11H2,1H3;1H. The van der Waals surface area contributed by atoms with Crippen LogP contribution in [0.5, 0.6) is 0 Å². The van der Waals surface area contributed by atoms with Crippen molar-refractivity contribution in [3.05, 3.63) is 53.6 Å². The third-order valence-corrected chi connectivity index (χ3v) is 3.80. The summed E-state index contributed by atoms with van der Waals surface area (Å²) >= 11 is 0. The maximum absolute atomic E-state index is 12.9.